The molecule has 1 unspecified atom stereocenters. The largest absolute Gasteiger partial charge is 0.428 e. The van der Waals surface area contributed by atoms with Gasteiger partial charge in [-0.15, -0.1) is 9.24 Å². The number of ether oxygens (including phenoxy) is 2. The smallest absolute Gasteiger partial charge is 0.335 e. The highest BCUT2D eigenvalue weighted by Crippen LogP contribution is 2.24. The first kappa shape index (κ1) is 14.9. The molecule has 21 heavy (non-hydrogen) atoms. The molecule has 2 rings (SSSR count). The lowest BCUT2D eigenvalue weighted by Crippen LogP contribution is -2.03. The lowest BCUT2D eigenvalue weighted by atomic mass is 10.1. The van der Waals surface area contributed by atoms with Gasteiger partial charge in [0.15, 0.2) is 0 Å². The van der Waals surface area contributed by atoms with Crippen LogP contribution >= 0.6 is 9.24 Å². The molecule has 0 aliphatic rings. The molecule has 106 valence electrons. The van der Waals surface area contributed by atoms with Crippen molar-refractivity contribution in [1.29, 1.82) is 0 Å². The van der Waals surface area contributed by atoms with Crippen molar-refractivity contribution in [2.75, 3.05) is 0 Å². The summed E-state index contributed by atoms with van der Waals surface area (Å²) < 4.78 is 9.84. The molecule has 0 radical (unpaired) electrons. The molecule has 0 fully saturated rings. The highest BCUT2D eigenvalue weighted by atomic mass is 31.0. The number of hydrogen-bond donors (Lipinski definition) is 0. The van der Waals surface area contributed by atoms with E-state index in [1.807, 2.05) is 24.3 Å². The van der Waals surface area contributed by atoms with Crippen molar-refractivity contribution >= 4 is 27.0 Å². The first-order valence-corrected chi connectivity index (χ1v) is 6.66. The molecule has 0 amide bonds. The zero-order chi connectivity index (χ0) is 15.2. The fourth-order valence-electron chi connectivity index (χ4n) is 1.76. The second kappa shape index (κ2) is 6.82. The van der Waals surface area contributed by atoms with E-state index in [1.54, 1.807) is 18.2 Å². The van der Waals surface area contributed by atoms with Crippen LogP contribution in [0, 0.1) is 0 Å². The highest BCUT2D eigenvalue weighted by molar-refractivity contribution is 7.27. The van der Waals surface area contributed by atoms with E-state index in [4.69, 9.17) is 9.47 Å². The Morgan fingerprint density at radius 1 is 1.10 bits per heavy atom. The maximum Gasteiger partial charge on any atom is 0.335 e. The number of hydrogen-bond acceptors (Lipinski definition) is 4. The minimum absolute atomic E-state index is 0.394. The molecule has 2 aromatic carbocycles. The average Bonchev–Trinajstić information content (AvgIpc) is 2.50. The van der Waals surface area contributed by atoms with Crippen molar-refractivity contribution in [3.05, 3.63) is 55.1 Å². The zero-order valence-corrected chi connectivity index (χ0v) is 12.3. The van der Waals surface area contributed by atoms with Crippen molar-refractivity contribution < 1.29 is 19.1 Å². The van der Waals surface area contributed by atoms with Gasteiger partial charge in [-0.3, -0.25) is 4.79 Å². The Kier molecular flexibility index (Phi) is 4.85. The van der Waals surface area contributed by atoms with Crippen LogP contribution < -0.4 is 14.8 Å². The van der Waals surface area contributed by atoms with Crippen LogP contribution in [-0.4, -0.2) is 12.4 Å². The van der Waals surface area contributed by atoms with Gasteiger partial charge in [-0.1, -0.05) is 24.8 Å². The summed E-state index contributed by atoms with van der Waals surface area (Å²) >= 11 is 0. The van der Waals surface area contributed by atoms with Gasteiger partial charge in [-0.25, -0.2) is 4.79 Å². The minimum atomic E-state index is -0.495. The second-order valence-electron chi connectivity index (χ2n) is 4.12. The van der Waals surface area contributed by atoms with Crippen LogP contribution in [0.3, 0.4) is 0 Å². The number of benzene rings is 2. The number of rotatable bonds is 5. The number of carbonyl (C=O) groups is 2. The topological polar surface area (TPSA) is 52.6 Å². The Morgan fingerprint density at radius 2 is 1.76 bits per heavy atom. The maximum atomic E-state index is 11.1. The number of esters is 1. The normalized spacial score (nSPS) is 9.76. The van der Waals surface area contributed by atoms with Gasteiger partial charge in [0.05, 0.1) is 0 Å². The predicted octanol–water partition coefficient (Wildman–Crippen LogP) is 2.48. The Morgan fingerprint density at radius 3 is 2.33 bits per heavy atom. The molecule has 4 nitrogen and oxygen atoms in total. The molecule has 0 N–H and O–H groups in total. The molecule has 0 aromatic heterocycles. The molecule has 0 aliphatic carbocycles. The second-order valence-corrected chi connectivity index (χ2v) is 4.74. The fourth-order valence-corrected chi connectivity index (χ4v) is 2.10. The van der Waals surface area contributed by atoms with Gasteiger partial charge in [0.25, 0.3) is 6.47 Å². The molecular weight excluding hydrogens is 287 g/mol. The van der Waals surface area contributed by atoms with E-state index in [0.717, 1.165) is 22.5 Å². The van der Waals surface area contributed by atoms with Crippen molar-refractivity contribution in [3.63, 3.8) is 0 Å². The quantitative estimate of drug-likeness (QED) is 0.280. The van der Waals surface area contributed by atoms with Crippen LogP contribution in [0.25, 0.3) is 11.1 Å². The Bertz CT molecular complexity index is 677. The van der Waals surface area contributed by atoms with Gasteiger partial charge in [-0.2, -0.15) is 0 Å². The summed E-state index contributed by atoms with van der Waals surface area (Å²) in [6.07, 6.45) is 1.11. The van der Waals surface area contributed by atoms with Gasteiger partial charge >= 0.3 is 5.97 Å². The SMILES string of the molecule is C=CC(=O)Oc1ccc(-c2ccc(OC=O)c(P)c2)cc1. The van der Waals surface area contributed by atoms with Crippen LogP contribution in [0.1, 0.15) is 0 Å². The highest BCUT2D eigenvalue weighted by Gasteiger charge is 2.05. The molecule has 0 saturated carbocycles. The molecule has 2 aromatic rings. The Balaban J connectivity index is 2.22. The summed E-state index contributed by atoms with van der Waals surface area (Å²) in [6, 6.07) is 12.5. The van der Waals surface area contributed by atoms with Crippen LogP contribution in [0.4, 0.5) is 0 Å². The standard InChI is InChI=1S/C16H13O4P/c1-2-16(18)20-13-6-3-11(4-7-13)12-5-8-14(19-10-17)15(21)9-12/h2-10H,1,21H2. The third-order valence-electron chi connectivity index (χ3n) is 2.76. The van der Waals surface area contributed by atoms with E-state index in [1.165, 1.54) is 0 Å². The van der Waals surface area contributed by atoms with Crippen LogP contribution in [-0.2, 0) is 9.59 Å². The van der Waals surface area contributed by atoms with Gasteiger partial charge in [0.2, 0.25) is 0 Å². The van der Waals surface area contributed by atoms with Crippen molar-refractivity contribution in [2.24, 2.45) is 0 Å². The predicted molar refractivity (Wildman–Crippen MR) is 83.7 cm³/mol. The van der Waals surface area contributed by atoms with E-state index in [9.17, 15) is 9.59 Å². The molecule has 1 atom stereocenters. The third kappa shape index (κ3) is 3.77. The molecule has 0 saturated heterocycles. The molecule has 5 heteroatoms. The Labute approximate surface area is 124 Å². The van der Waals surface area contributed by atoms with Crippen LogP contribution in [0.2, 0.25) is 0 Å². The van der Waals surface area contributed by atoms with E-state index in [0.29, 0.717) is 18.0 Å². The first-order chi connectivity index (χ1) is 10.1. The van der Waals surface area contributed by atoms with E-state index in [-0.39, 0.29) is 0 Å². The van der Waals surface area contributed by atoms with Gasteiger partial charge in [0.1, 0.15) is 11.5 Å². The summed E-state index contributed by atoms with van der Waals surface area (Å²) in [5.74, 6) is 0.455. The molecule has 0 spiro atoms. The van der Waals surface area contributed by atoms with Crippen LogP contribution in [0.15, 0.2) is 55.1 Å². The summed E-state index contributed by atoms with van der Waals surface area (Å²) in [4.78, 5) is 21.4. The van der Waals surface area contributed by atoms with Gasteiger partial charge < -0.3 is 9.47 Å². The third-order valence-corrected chi connectivity index (χ3v) is 3.21. The van der Waals surface area contributed by atoms with Gasteiger partial charge in [0, 0.05) is 11.4 Å². The molecule has 0 aliphatic heterocycles. The van der Waals surface area contributed by atoms with Crippen LogP contribution in [0.5, 0.6) is 11.5 Å². The first-order valence-electron chi connectivity index (χ1n) is 6.08. The zero-order valence-electron chi connectivity index (χ0n) is 11.1. The van der Waals surface area contributed by atoms with Crippen molar-refractivity contribution in [2.45, 2.75) is 0 Å². The lowest BCUT2D eigenvalue weighted by molar-refractivity contribution is -0.129. The van der Waals surface area contributed by atoms with Crippen molar-refractivity contribution in [3.8, 4) is 22.6 Å². The summed E-state index contributed by atoms with van der Waals surface area (Å²) in [7, 11) is 2.52. The minimum Gasteiger partial charge on any atom is -0.428 e. The Hall–Kier alpha value is -2.45. The molecule has 0 heterocycles. The average molecular weight is 300 g/mol. The van der Waals surface area contributed by atoms with E-state index < -0.39 is 5.97 Å². The summed E-state index contributed by atoms with van der Waals surface area (Å²) in [6.45, 7) is 3.74. The maximum absolute atomic E-state index is 11.1. The summed E-state index contributed by atoms with van der Waals surface area (Å²) in [5, 5.41) is 0.779. The van der Waals surface area contributed by atoms with Crippen molar-refractivity contribution in [1.82, 2.24) is 0 Å². The van der Waals surface area contributed by atoms with E-state index >= 15 is 0 Å². The monoisotopic (exact) mass is 300 g/mol. The van der Waals surface area contributed by atoms with Gasteiger partial charge in [-0.05, 0) is 35.4 Å². The number of carbonyl (C=O) groups excluding carboxylic acids is 2. The lowest BCUT2D eigenvalue weighted by Gasteiger charge is -2.07. The molecule has 0 bridgehead atoms. The molecular formula is C16H13O4P. The van der Waals surface area contributed by atoms with E-state index in [2.05, 4.69) is 15.8 Å². The summed E-state index contributed by atoms with van der Waals surface area (Å²) in [5.41, 5.74) is 1.91. The fraction of sp³-hybridized carbons (Fsp3) is 0.